The number of benzene rings is 2. The van der Waals surface area contributed by atoms with Crippen molar-refractivity contribution >= 4 is 29.2 Å². The van der Waals surface area contributed by atoms with Crippen LogP contribution in [-0.2, 0) is 0 Å². The zero-order valence-electron chi connectivity index (χ0n) is 8.95. The second-order valence-corrected chi connectivity index (χ2v) is 4.50. The van der Waals surface area contributed by atoms with Crippen LogP contribution in [0.1, 0.15) is 10.4 Å². The van der Waals surface area contributed by atoms with Gasteiger partial charge in [0.2, 0.25) is 0 Å². The summed E-state index contributed by atoms with van der Waals surface area (Å²) >= 11 is 11.8. The Balaban J connectivity index is 2.63. The predicted octanol–water partition coefficient (Wildman–Crippen LogP) is 4.50. The number of aromatic carboxylic acids is 1. The van der Waals surface area contributed by atoms with Crippen LogP contribution in [0.4, 0.5) is 4.39 Å². The first-order chi connectivity index (χ1) is 8.47. The molecule has 2 nitrogen and oxygen atoms in total. The van der Waals surface area contributed by atoms with Crippen molar-refractivity contribution < 1.29 is 14.3 Å². The molecule has 18 heavy (non-hydrogen) atoms. The molecule has 0 amide bonds. The molecule has 0 heterocycles. The van der Waals surface area contributed by atoms with Crippen LogP contribution in [-0.4, -0.2) is 11.1 Å². The molecule has 1 N–H and O–H groups in total. The van der Waals surface area contributed by atoms with Gasteiger partial charge in [0.25, 0.3) is 0 Å². The molecule has 92 valence electrons. The quantitative estimate of drug-likeness (QED) is 0.882. The smallest absolute Gasteiger partial charge is 0.335 e. The maximum atomic E-state index is 13.4. The number of rotatable bonds is 2. The van der Waals surface area contributed by atoms with Crippen LogP contribution in [0.5, 0.6) is 0 Å². The van der Waals surface area contributed by atoms with Crippen LogP contribution in [0.15, 0.2) is 36.4 Å². The number of carbonyl (C=O) groups is 1. The fourth-order valence-electron chi connectivity index (χ4n) is 1.59. The Bertz CT molecular complexity index is 626. The molecule has 2 aromatic carbocycles. The molecule has 2 aromatic rings. The van der Waals surface area contributed by atoms with Gasteiger partial charge in [0, 0.05) is 15.6 Å². The van der Waals surface area contributed by atoms with E-state index in [0.717, 1.165) is 6.07 Å². The minimum Gasteiger partial charge on any atom is -0.478 e. The molecule has 0 aromatic heterocycles. The molecular weight excluding hydrogens is 278 g/mol. The van der Waals surface area contributed by atoms with Crippen molar-refractivity contribution in [2.75, 3.05) is 0 Å². The normalized spacial score (nSPS) is 10.4. The van der Waals surface area contributed by atoms with E-state index in [-0.39, 0.29) is 5.56 Å². The van der Waals surface area contributed by atoms with E-state index in [1.807, 2.05) is 0 Å². The third-order valence-electron chi connectivity index (χ3n) is 2.38. The van der Waals surface area contributed by atoms with Gasteiger partial charge in [-0.2, -0.15) is 0 Å². The Morgan fingerprint density at radius 2 is 1.83 bits per heavy atom. The molecule has 0 aliphatic heterocycles. The maximum absolute atomic E-state index is 13.4. The highest BCUT2D eigenvalue weighted by Gasteiger charge is 2.11. The van der Waals surface area contributed by atoms with Gasteiger partial charge in [-0.05, 0) is 42.0 Å². The molecule has 0 bridgehead atoms. The number of carboxylic acids is 1. The van der Waals surface area contributed by atoms with Gasteiger partial charge in [-0.1, -0.05) is 23.2 Å². The average molecular weight is 285 g/mol. The van der Waals surface area contributed by atoms with E-state index >= 15 is 0 Å². The van der Waals surface area contributed by atoms with Crippen molar-refractivity contribution in [1.29, 1.82) is 0 Å². The summed E-state index contributed by atoms with van der Waals surface area (Å²) in [7, 11) is 0. The largest absolute Gasteiger partial charge is 0.478 e. The zero-order chi connectivity index (χ0) is 13.3. The molecule has 0 spiro atoms. The van der Waals surface area contributed by atoms with E-state index in [9.17, 15) is 9.18 Å². The summed E-state index contributed by atoms with van der Waals surface area (Å²) in [6, 6.07) is 8.25. The van der Waals surface area contributed by atoms with Gasteiger partial charge in [0.05, 0.1) is 5.56 Å². The summed E-state index contributed by atoms with van der Waals surface area (Å²) in [5.41, 5.74) is 0.729. The average Bonchev–Trinajstić information content (AvgIpc) is 2.31. The second kappa shape index (κ2) is 4.96. The van der Waals surface area contributed by atoms with Crippen molar-refractivity contribution in [2.45, 2.75) is 0 Å². The van der Waals surface area contributed by atoms with Crippen molar-refractivity contribution in [3.63, 3.8) is 0 Å². The molecule has 0 fully saturated rings. The number of hydrogen-bond acceptors (Lipinski definition) is 1. The highest BCUT2D eigenvalue weighted by molar-refractivity contribution is 6.35. The molecule has 5 heteroatoms. The van der Waals surface area contributed by atoms with Crippen LogP contribution in [0, 0.1) is 5.82 Å². The fourth-order valence-corrected chi connectivity index (χ4v) is 1.99. The minimum absolute atomic E-state index is 0.138. The first-order valence-electron chi connectivity index (χ1n) is 4.96. The van der Waals surface area contributed by atoms with Crippen molar-refractivity contribution in [3.8, 4) is 11.1 Å². The molecule has 0 radical (unpaired) electrons. The van der Waals surface area contributed by atoms with Crippen LogP contribution in [0.25, 0.3) is 11.1 Å². The van der Waals surface area contributed by atoms with E-state index in [4.69, 9.17) is 28.3 Å². The highest BCUT2D eigenvalue weighted by atomic mass is 35.5. The predicted molar refractivity (Wildman–Crippen MR) is 68.8 cm³/mol. The molecule has 0 atom stereocenters. The van der Waals surface area contributed by atoms with Gasteiger partial charge in [-0.25, -0.2) is 9.18 Å². The maximum Gasteiger partial charge on any atom is 0.335 e. The fraction of sp³-hybridized carbons (Fsp3) is 0. The molecule has 0 unspecified atom stereocenters. The SMILES string of the molecule is O=C(O)c1cc(F)cc(-c2cc(Cl)ccc2Cl)c1. The first-order valence-corrected chi connectivity index (χ1v) is 5.72. The molecule has 0 aliphatic carbocycles. The summed E-state index contributed by atoms with van der Waals surface area (Å²) < 4.78 is 13.4. The van der Waals surface area contributed by atoms with E-state index in [2.05, 4.69) is 0 Å². The van der Waals surface area contributed by atoms with Gasteiger partial charge < -0.3 is 5.11 Å². The zero-order valence-corrected chi connectivity index (χ0v) is 10.5. The summed E-state index contributed by atoms with van der Waals surface area (Å²) in [4.78, 5) is 10.9. The number of hydrogen-bond donors (Lipinski definition) is 1. The van der Waals surface area contributed by atoms with Crippen molar-refractivity contribution in [3.05, 3.63) is 57.8 Å². The van der Waals surface area contributed by atoms with E-state index in [0.29, 0.717) is 21.2 Å². The number of carboxylic acid groups (broad SMARTS) is 1. The lowest BCUT2D eigenvalue weighted by molar-refractivity contribution is 0.0696. The summed E-state index contributed by atoms with van der Waals surface area (Å²) in [6.45, 7) is 0. The Kier molecular flexibility index (Phi) is 3.55. The lowest BCUT2D eigenvalue weighted by Gasteiger charge is -2.07. The highest BCUT2D eigenvalue weighted by Crippen LogP contribution is 2.31. The summed E-state index contributed by atoms with van der Waals surface area (Å²) in [6.07, 6.45) is 0. The molecule has 0 saturated heterocycles. The first kappa shape index (κ1) is 12.9. The monoisotopic (exact) mass is 284 g/mol. The molecule has 2 rings (SSSR count). The van der Waals surface area contributed by atoms with Gasteiger partial charge in [-0.3, -0.25) is 0 Å². The minimum atomic E-state index is -1.20. The molecule has 0 saturated carbocycles. The lowest BCUT2D eigenvalue weighted by atomic mass is 10.0. The topological polar surface area (TPSA) is 37.3 Å². The Labute approximate surface area is 113 Å². The Morgan fingerprint density at radius 1 is 1.11 bits per heavy atom. The van der Waals surface area contributed by atoms with Gasteiger partial charge in [0.1, 0.15) is 5.82 Å². The van der Waals surface area contributed by atoms with Crippen LogP contribution in [0.2, 0.25) is 10.0 Å². The van der Waals surface area contributed by atoms with E-state index in [1.54, 1.807) is 18.2 Å². The number of halogens is 3. The third kappa shape index (κ3) is 2.63. The summed E-state index contributed by atoms with van der Waals surface area (Å²) in [5.74, 6) is -1.84. The van der Waals surface area contributed by atoms with Crippen molar-refractivity contribution in [2.24, 2.45) is 0 Å². The molecular formula is C13H7Cl2FO2. The molecule has 0 aliphatic rings. The van der Waals surface area contributed by atoms with Crippen LogP contribution < -0.4 is 0 Å². The third-order valence-corrected chi connectivity index (χ3v) is 2.95. The van der Waals surface area contributed by atoms with E-state index < -0.39 is 11.8 Å². The van der Waals surface area contributed by atoms with E-state index in [1.165, 1.54) is 12.1 Å². The van der Waals surface area contributed by atoms with Crippen molar-refractivity contribution in [1.82, 2.24) is 0 Å². The van der Waals surface area contributed by atoms with Gasteiger partial charge >= 0.3 is 5.97 Å². The Hall–Kier alpha value is -1.58. The van der Waals surface area contributed by atoms with Crippen LogP contribution >= 0.6 is 23.2 Å². The lowest BCUT2D eigenvalue weighted by Crippen LogP contribution is -1.97. The Morgan fingerprint density at radius 3 is 2.50 bits per heavy atom. The van der Waals surface area contributed by atoms with Gasteiger partial charge in [-0.15, -0.1) is 0 Å². The van der Waals surface area contributed by atoms with Crippen LogP contribution in [0.3, 0.4) is 0 Å². The summed E-state index contributed by atoms with van der Waals surface area (Å²) in [5, 5.41) is 9.70. The second-order valence-electron chi connectivity index (χ2n) is 3.66. The van der Waals surface area contributed by atoms with Gasteiger partial charge in [0.15, 0.2) is 0 Å². The standard InChI is InChI=1S/C13H7Cl2FO2/c14-9-1-2-12(15)11(6-9)7-3-8(13(17)18)5-10(16)4-7/h1-6H,(H,17,18).